The number of fused-ring (bicyclic) bond motifs is 1. The van der Waals surface area contributed by atoms with Gasteiger partial charge in [0.05, 0.1) is 0 Å². The SMILES string of the molecule is CC(C)=C1C=C2\C=C/C=C\C=C/C2=C1. The van der Waals surface area contributed by atoms with Crippen LogP contribution in [0.1, 0.15) is 13.8 Å². The maximum atomic E-state index is 2.24. The van der Waals surface area contributed by atoms with Crippen LogP contribution in [0, 0.1) is 0 Å². The normalized spacial score (nSPS) is 25.4. The van der Waals surface area contributed by atoms with E-state index in [-0.39, 0.29) is 0 Å². The topological polar surface area (TPSA) is 0 Å². The Morgan fingerprint density at radius 3 is 1.71 bits per heavy atom. The van der Waals surface area contributed by atoms with E-state index in [1.54, 1.807) is 0 Å². The average molecular weight is 182 g/mol. The van der Waals surface area contributed by atoms with Crippen LogP contribution in [0.5, 0.6) is 0 Å². The second-order valence-corrected chi connectivity index (χ2v) is 3.76. The molecule has 0 saturated heterocycles. The van der Waals surface area contributed by atoms with Crippen molar-refractivity contribution in [3.63, 3.8) is 0 Å². The summed E-state index contributed by atoms with van der Waals surface area (Å²) in [6, 6.07) is 0. The monoisotopic (exact) mass is 182 g/mol. The van der Waals surface area contributed by atoms with Gasteiger partial charge in [-0.2, -0.15) is 0 Å². The van der Waals surface area contributed by atoms with E-state index in [9.17, 15) is 0 Å². The molecular weight excluding hydrogens is 168 g/mol. The number of hydrogen-bond donors (Lipinski definition) is 0. The van der Waals surface area contributed by atoms with E-state index in [2.05, 4.69) is 62.5 Å². The van der Waals surface area contributed by atoms with Crippen LogP contribution in [-0.2, 0) is 0 Å². The van der Waals surface area contributed by atoms with Crippen molar-refractivity contribution in [3.8, 4) is 0 Å². The van der Waals surface area contributed by atoms with Gasteiger partial charge in [0.25, 0.3) is 0 Å². The maximum Gasteiger partial charge on any atom is -0.0178 e. The van der Waals surface area contributed by atoms with Crippen LogP contribution in [0.4, 0.5) is 0 Å². The first-order chi connectivity index (χ1) is 6.77. The third kappa shape index (κ3) is 1.69. The van der Waals surface area contributed by atoms with Gasteiger partial charge in [0.2, 0.25) is 0 Å². The van der Waals surface area contributed by atoms with Crippen molar-refractivity contribution < 1.29 is 0 Å². The highest BCUT2D eigenvalue weighted by Gasteiger charge is 2.08. The Kier molecular flexibility index (Phi) is 2.36. The van der Waals surface area contributed by atoms with Gasteiger partial charge in [-0.15, -0.1) is 0 Å². The van der Waals surface area contributed by atoms with Crippen LogP contribution in [0.15, 0.2) is 70.9 Å². The van der Waals surface area contributed by atoms with E-state index >= 15 is 0 Å². The van der Waals surface area contributed by atoms with Crippen LogP contribution in [0.25, 0.3) is 0 Å². The van der Waals surface area contributed by atoms with Crippen molar-refractivity contribution in [3.05, 3.63) is 70.9 Å². The molecule has 70 valence electrons. The molecule has 0 heteroatoms. The van der Waals surface area contributed by atoms with Crippen molar-refractivity contribution in [2.24, 2.45) is 0 Å². The van der Waals surface area contributed by atoms with Gasteiger partial charge in [-0.1, -0.05) is 42.0 Å². The van der Waals surface area contributed by atoms with Crippen molar-refractivity contribution in [2.75, 3.05) is 0 Å². The summed E-state index contributed by atoms with van der Waals surface area (Å²) in [5.41, 5.74) is 5.32. The summed E-state index contributed by atoms with van der Waals surface area (Å²) >= 11 is 0. The van der Waals surface area contributed by atoms with Gasteiger partial charge in [-0.25, -0.2) is 0 Å². The number of allylic oxidation sites excluding steroid dienone is 12. The lowest BCUT2D eigenvalue weighted by atomic mass is 10.1. The molecule has 0 heterocycles. The predicted octanol–water partition coefficient (Wildman–Crippen LogP) is 3.87. The molecule has 0 aromatic rings. The summed E-state index contributed by atoms with van der Waals surface area (Å²) in [6.07, 6.45) is 17.1. The fourth-order valence-corrected chi connectivity index (χ4v) is 1.57. The molecule has 0 amide bonds. The van der Waals surface area contributed by atoms with Crippen LogP contribution in [0.3, 0.4) is 0 Å². The fraction of sp³-hybridized carbons (Fsp3) is 0.143. The summed E-state index contributed by atoms with van der Waals surface area (Å²) in [4.78, 5) is 0. The van der Waals surface area contributed by atoms with Gasteiger partial charge < -0.3 is 0 Å². The van der Waals surface area contributed by atoms with E-state index in [1.165, 1.54) is 22.3 Å². The van der Waals surface area contributed by atoms with E-state index in [1.807, 2.05) is 0 Å². The fourth-order valence-electron chi connectivity index (χ4n) is 1.57. The Bertz CT molecular complexity index is 383. The summed E-state index contributed by atoms with van der Waals surface area (Å²) in [7, 11) is 0. The summed E-state index contributed by atoms with van der Waals surface area (Å²) < 4.78 is 0. The molecule has 0 aromatic heterocycles. The molecule has 0 fully saturated rings. The van der Waals surface area contributed by atoms with Crippen LogP contribution >= 0.6 is 0 Å². The van der Waals surface area contributed by atoms with Crippen molar-refractivity contribution in [1.82, 2.24) is 0 Å². The molecule has 0 radical (unpaired) electrons. The van der Waals surface area contributed by atoms with E-state index in [0.717, 1.165) is 0 Å². The van der Waals surface area contributed by atoms with Crippen LogP contribution in [-0.4, -0.2) is 0 Å². The molecule has 14 heavy (non-hydrogen) atoms. The molecule has 0 bridgehead atoms. The highest BCUT2D eigenvalue weighted by atomic mass is 14.1. The largest absolute Gasteiger partial charge is 0.0691 e. The minimum absolute atomic E-state index is 1.31. The van der Waals surface area contributed by atoms with Gasteiger partial charge in [0.15, 0.2) is 0 Å². The first-order valence-corrected chi connectivity index (χ1v) is 4.90. The van der Waals surface area contributed by atoms with Crippen LogP contribution in [0.2, 0.25) is 0 Å². The second-order valence-electron chi connectivity index (χ2n) is 3.76. The van der Waals surface area contributed by atoms with Crippen molar-refractivity contribution in [1.29, 1.82) is 0 Å². The van der Waals surface area contributed by atoms with Gasteiger partial charge in [0.1, 0.15) is 0 Å². The highest BCUT2D eigenvalue weighted by molar-refractivity contribution is 5.62. The summed E-state index contributed by atoms with van der Waals surface area (Å²) in [5, 5.41) is 0. The molecule has 2 rings (SSSR count). The van der Waals surface area contributed by atoms with Gasteiger partial charge in [-0.05, 0) is 42.7 Å². The Labute approximate surface area is 85.3 Å². The molecule has 0 atom stereocenters. The van der Waals surface area contributed by atoms with E-state index in [0.29, 0.717) is 0 Å². The molecule has 0 aromatic carbocycles. The Hall–Kier alpha value is -1.56. The predicted molar refractivity (Wildman–Crippen MR) is 62.0 cm³/mol. The third-order valence-electron chi connectivity index (χ3n) is 2.42. The summed E-state index contributed by atoms with van der Waals surface area (Å²) in [5.74, 6) is 0. The Morgan fingerprint density at radius 1 is 0.786 bits per heavy atom. The van der Waals surface area contributed by atoms with Crippen molar-refractivity contribution in [2.45, 2.75) is 13.8 Å². The molecule has 0 nitrogen and oxygen atoms in total. The Morgan fingerprint density at radius 2 is 1.29 bits per heavy atom. The van der Waals surface area contributed by atoms with Crippen molar-refractivity contribution >= 4 is 0 Å². The molecule has 0 N–H and O–H groups in total. The van der Waals surface area contributed by atoms with E-state index in [4.69, 9.17) is 0 Å². The maximum absolute atomic E-state index is 2.24. The first-order valence-electron chi connectivity index (χ1n) is 4.90. The molecular formula is C14H14. The van der Waals surface area contributed by atoms with Crippen LogP contribution < -0.4 is 0 Å². The second kappa shape index (κ2) is 3.67. The minimum Gasteiger partial charge on any atom is -0.0691 e. The number of hydrogen-bond acceptors (Lipinski definition) is 0. The smallest absolute Gasteiger partial charge is 0.0178 e. The summed E-state index contributed by atoms with van der Waals surface area (Å²) in [6.45, 7) is 4.29. The zero-order valence-corrected chi connectivity index (χ0v) is 8.62. The third-order valence-corrected chi connectivity index (χ3v) is 2.42. The zero-order chi connectivity index (χ0) is 9.97. The molecule has 0 unspecified atom stereocenters. The van der Waals surface area contributed by atoms with Gasteiger partial charge >= 0.3 is 0 Å². The average Bonchev–Trinajstić information content (AvgIpc) is 2.48. The molecule has 0 aliphatic heterocycles. The first kappa shape index (κ1) is 9.01. The molecule has 0 saturated carbocycles. The van der Waals surface area contributed by atoms with E-state index < -0.39 is 0 Å². The lowest BCUT2D eigenvalue weighted by molar-refractivity contribution is 1.35. The standard InChI is InChI=1S/C14H14/c1-11(2)14-9-12-7-5-3-4-6-8-13(12)10-14/h3-10H,1-2H3/b4-3-,7-5-,8-6-. The van der Waals surface area contributed by atoms with Gasteiger partial charge in [0, 0.05) is 0 Å². The lowest BCUT2D eigenvalue weighted by Crippen LogP contribution is -1.78. The quantitative estimate of drug-likeness (QED) is 0.533. The Balaban J connectivity index is 2.48. The molecule has 2 aliphatic rings. The molecule has 0 spiro atoms. The lowest BCUT2D eigenvalue weighted by Gasteiger charge is -1.97. The van der Waals surface area contributed by atoms with Gasteiger partial charge in [-0.3, -0.25) is 0 Å². The highest BCUT2D eigenvalue weighted by Crippen LogP contribution is 2.27. The number of rotatable bonds is 0. The minimum atomic E-state index is 1.31. The zero-order valence-electron chi connectivity index (χ0n) is 8.62. The molecule has 2 aliphatic carbocycles.